The van der Waals surface area contributed by atoms with E-state index in [1.165, 1.54) is 11.3 Å². The standard InChI is InChI=1S/C23H17N3O3S/c1-13-7-9-19-17(11-13)26(2)23(28)15-12-14(8-10-18(15)29-19)24-21(27)22-25-16-5-3-4-6-20(16)30-22/h3-12H,1-2H3,(H,24,27). The predicted octanol–water partition coefficient (Wildman–Crippen LogP) is 5.24. The van der Waals surface area contributed by atoms with Gasteiger partial charge in [0, 0.05) is 12.7 Å². The molecule has 7 heteroatoms. The predicted molar refractivity (Wildman–Crippen MR) is 118 cm³/mol. The largest absolute Gasteiger partial charge is 0.454 e. The second-order valence-corrected chi connectivity index (χ2v) is 8.12. The van der Waals surface area contributed by atoms with Crippen LogP contribution in [0.3, 0.4) is 0 Å². The van der Waals surface area contributed by atoms with Gasteiger partial charge in [0.05, 0.1) is 21.5 Å². The zero-order chi connectivity index (χ0) is 20.8. The van der Waals surface area contributed by atoms with E-state index in [1.807, 2.05) is 49.4 Å². The summed E-state index contributed by atoms with van der Waals surface area (Å²) in [6.07, 6.45) is 0. The van der Waals surface area contributed by atoms with Crippen LogP contribution in [0.4, 0.5) is 11.4 Å². The molecule has 0 unspecified atom stereocenters. The van der Waals surface area contributed by atoms with Crippen LogP contribution in [0.1, 0.15) is 25.7 Å². The van der Waals surface area contributed by atoms with Crippen molar-refractivity contribution in [2.75, 3.05) is 17.3 Å². The third-order valence-corrected chi connectivity index (χ3v) is 5.99. The molecule has 0 saturated heterocycles. The number of ether oxygens (including phenoxy) is 1. The van der Waals surface area contributed by atoms with Crippen LogP contribution in [-0.4, -0.2) is 23.8 Å². The van der Waals surface area contributed by atoms with Crippen molar-refractivity contribution in [3.05, 3.63) is 76.8 Å². The Morgan fingerprint density at radius 3 is 2.70 bits per heavy atom. The van der Waals surface area contributed by atoms with Crippen LogP contribution >= 0.6 is 11.3 Å². The number of carbonyl (C=O) groups excluding carboxylic acids is 2. The van der Waals surface area contributed by atoms with Gasteiger partial charge in [0.25, 0.3) is 11.8 Å². The first-order valence-electron chi connectivity index (χ1n) is 9.37. The summed E-state index contributed by atoms with van der Waals surface area (Å²) in [5, 5.41) is 3.21. The topological polar surface area (TPSA) is 71.5 Å². The highest BCUT2D eigenvalue weighted by molar-refractivity contribution is 7.20. The van der Waals surface area contributed by atoms with E-state index in [1.54, 1.807) is 30.1 Å². The van der Waals surface area contributed by atoms with Crippen molar-refractivity contribution in [1.82, 2.24) is 4.98 Å². The molecule has 1 aliphatic rings. The Morgan fingerprint density at radius 1 is 1.07 bits per heavy atom. The van der Waals surface area contributed by atoms with Gasteiger partial charge in [0.1, 0.15) is 5.75 Å². The van der Waals surface area contributed by atoms with Crippen LogP contribution in [-0.2, 0) is 0 Å². The SMILES string of the molecule is Cc1ccc2c(c1)N(C)C(=O)c1cc(NC(=O)c3nc4ccccc4s3)ccc1O2. The molecule has 1 N–H and O–H groups in total. The zero-order valence-corrected chi connectivity index (χ0v) is 17.1. The molecule has 0 saturated carbocycles. The number of aromatic nitrogens is 1. The summed E-state index contributed by atoms with van der Waals surface area (Å²) >= 11 is 1.33. The van der Waals surface area contributed by atoms with Crippen LogP contribution < -0.4 is 15.0 Å². The smallest absolute Gasteiger partial charge is 0.284 e. The Hall–Kier alpha value is -3.71. The maximum atomic E-state index is 13.1. The molecule has 3 aromatic carbocycles. The number of aryl methyl sites for hydroxylation is 1. The number of hydrogen-bond acceptors (Lipinski definition) is 5. The maximum Gasteiger partial charge on any atom is 0.284 e. The number of nitrogens with one attached hydrogen (secondary N) is 1. The minimum Gasteiger partial charge on any atom is -0.454 e. The molecule has 0 fully saturated rings. The lowest BCUT2D eigenvalue weighted by atomic mass is 10.1. The highest BCUT2D eigenvalue weighted by atomic mass is 32.1. The fourth-order valence-electron chi connectivity index (χ4n) is 3.40. The Morgan fingerprint density at radius 2 is 1.87 bits per heavy atom. The minimum atomic E-state index is -0.314. The number of benzene rings is 3. The highest BCUT2D eigenvalue weighted by Crippen LogP contribution is 2.39. The minimum absolute atomic E-state index is 0.203. The Balaban J connectivity index is 1.46. The molecule has 4 aromatic rings. The van der Waals surface area contributed by atoms with Gasteiger partial charge in [-0.1, -0.05) is 18.2 Å². The van der Waals surface area contributed by atoms with E-state index in [0.29, 0.717) is 33.4 Å². The quantitative estimate of drug-likeness (QED) is 0.486. The molecule has 2 heterocycles. The molecule has 1 aromatic heterocycles. The number of thiazole rings is 1. The van der Waals surface area contributed by atoms with Crippen molar-refractivity contribution in [2.45, 2.75) is 6.92 Å². The van der Waals surface area contributed by atoms with Gasteiger partial charge >= 0.3 is 0 Å². The van der Waals surface area contributed by atoms with Crippen molar-refractivity contribution >= 4 is 44.7 Å². The average molecular weight is 415 g/mol. The molecule has 0 bridgehead atoms. The summed E-state index contributed by atoms with van der Waals surface area (Å²) in [4.78, 5) is 31.7. The number of amides is 2. The summed E-state index contributed by atoms with van der Waals surface area (Å²) in [5.74, 6) is 0.546. The number of carbonyl (C=O) groups is 2. The molecule has 0 radical (unpaired) electrons. The van der Waals surface area contributed by atoms with Gasteiger partial charge in [-0.2, -0.15) is 0 Å². The van der Waals surface area contributed by atoms with Gasteiger partial charge in [-0.25, -0.2) is 4.98 Å². The van der Waals surface area contributed by atoms with E-state index in [-0.39, 0.29) is 11.8 Å². The Bertz CT molecular complexity index is 1300. The number of rotatable bonds is 2. The molecule has 0 spiro atoms. The molecule has 0 aliphatic carbocycles. The van der Waals surface area contributed by atoms with Crippen molar-refractivity contribution in [2.24, 2.45) is 0 Å². The van der Waals surface area contributed by atoms with E-state index < -0.39 is 0 Å². The van der Waals surface area contributed by atoms with E-state index in [0.717, 1.165) is 15.8 Å². The maximum absolute atomic E-state index is 13.1. The van der Waals surface area contributed by atoms with Gasteiger partial charge in [-0.3, -0.25) is 9.59 Å². The lowest BCUT2D eigenvalue weighted by molar-refractivity contribution is 0.0990. The molecule has 2 amide bonds. The van der Waals surface area contributed by atoms with Gasteiger partial charge in [0.15, 0.2) is 10.8 Å². The average Bonchev–Trinajstić information content (AvgIpc) is 3.15. The fraction of sp³-hybridized carbons (Fsp3) is 0.0870. The van der Waals surface area contributed by atoms with Crippen LogP contribution in [0.25, 0.3) is 10.2 Å². The Kier molecular flexibility index (Phi) is 4.25. The first-order valence-corrected chi connectivity index (χ1v) is 10.2. The zero-order valence-electron chi connectivity index (χ0n) is 16.3. The van der Waals surface area contributed by atoms with Crippen molar-refractivity contribution in [3.63, 3.8) is 0 Å². The number of nitrogens with zero attached hydrogens (tertiary/aromatic N) is 2. The number of hydrogen-bond donors (Lipinski definition) is 1. The third kappa shape index (κ3) is 3.09. The van der Waals surface area contributed by atoms with Crippen molar-refractivity contribution < 1.29 is 14.3 Å². The van der Waals surface area contributed by atoms with Crippen LogP contribution in [0, 0.1) is 6.92 Å². The second kappa shape index (κ2) is 6.96. The second-order valence-electron chi connectivity index (χ2n) is 7.09. The van der Waals surface area contributed by atoms with E-state index in [9.17, 15) is 9.59 Å². The van der Waals surface area contributed by atoms with Gasteiger partial charge in [-0.05, 0) is 55.0 Å². The Labute approximate surface area is 176 Å². The number of fused-ring (bicyclic) bond motifs is 3. The monoisotopic (exact) mass is 415 g/mol. The van der Waals surface area contributed by atoms with E-state index >= 15 is 0 Å². The van der Waals surface area contributed by atoms with E-state index in [2.05, 4.69) is 10.3 Å². The first-order chi connectivity index (χ1) is 14.5. The lowest BCUT2D eigenvalue weighted by Gasteiger charge is -2.16. The van der Waals surface area contributed by atoms with Crippen LogP contribution in [0.2, 0.25) is 0 Å². The van der Waals surface area contributed by atoms with Gasteiger partial charge in [-0.15, -0.1) is 11.3 Å². The first kappa shape index (κ1) is 18.3. The molecule has 1 aliphatic heterocycles. The van der Waals surface area contributed by atoms with Crippen molar-refractivity contribution in [3.8, 4) is 11.5 Å². The molecule has 30 heavy (non-hydrogen) atoms. The number of anilines is 2. The molecule has 0 atom stereocenters. The summed E-state index contributed by atoms with van der Waals surface area (Å²) in [5.41, 5.74) is 3.41. The summed E-state index contributed by atoms with van der Waals surface area (Å²) < 4.78 is 6.94. The molecule has 148 valence electrons. The fourth-order valence-corrected chi connectivity index (χ4v) is 4.26. The van der Waals surface area contributed by atoms with E-state index in [4.69, 9.17) is 4.74 Å². The summed E-state index contributed by atoms with van der Waals surface area (Å²) in [7, 11) is 1.71. The molecular formula is C23H17N3O3S. The molecule has 5 rings (SSSR count). The summed E-state index contributed by atoms with van der Waals surface area (Å²) in [6, 6.07) is 18.4. The van der Waals surface area contributed by atoms with Gasteiger partial charge in [0.2, 0.25) is 0 Å². The highest BCUT2D eigenvalue weighted by Gasteiger charge is 2.26. The lowest BCUT2D eigenvalue weighted by Crippen LogP contribution is -2.25. The molecular weight excluding hydrogens is 398 g/mol. The van der Waals surface area contributed by atoms with Crippen molar-refractivity contribution in [1.29, 1.82) is 0 Å². The third-order valence-electron chi connectivity index (χ3n) is 4.96. The number of para-hydroxylation sites is 1. The van der Waals surface area contributed by atoms with Gasteiger partial charge < -0.3 is 15.0 Å². The van der Waals surface area contributed by atoms with Crippen LogP contribution in [0.5, 0.6) is 11.5 Å². The molecule has 6 nitrogen and oxygen atoms in total. The summed E-state index contributed by atoms with van der Waals surface area (Å²) in [6.45, 7) is 1.96. The normalized spacial score (nSPS) is 12.7. The van der Waals surface area contributed by atoms with Crippen LogP contribution in [0.15, 0.2) is 60.7 Å².